The van der Waals surface area contributed by atoms with Gasteiger partial charge in [0.15, 0.2) is 0 Å². The molecule has 1 fully saturated rings. The number of amides is 1. The summed E-state index contributed by atoms with van der Waals surface area (Å²) in [6.45, 7) is 4.97. The van der Waals surface area contributed by atoms with Crippen molar-refractivity contribution >= 4 is 21.8 Å². The summed E-state index contributed by atoms with van der Waals surface area (Å²) in [6, 6.07) is 7.33. The van der Waals surface area contributed by atoms with Crippen molar-refractivity contribution in [2.45, 2.75) is 20.0 Å². The molecule has 3 nitrogen and oxygen atoms in total. The van der Waals surface area contributed by atoms with Crippen molar-refractivity contribution in [3.8, 4) is 0 Å². The third-order valence-corrected chi connectivity index (χ3v) is 3.75. The lowest BCUT2D eigenvalue weighted by Crippen LogP contribution is -2.30. The molecule has 92 valence electrons. The van der Waals surface area contributed by atoms with Crippen LogP contribution in [-0.2, 0) is 0 Å². The number of nitrogens with zero attached hydrogens (tertiary/aromatic N) is 1. The molecule has 1 aromatic carbocycles. The molecule has 4 heteroatoms. The number of carbonyl (C=O) groups is 1. The van der Waals surface area contributed by atoms with Gasteiger partial charge in [-0.05, 0) is 18.2 Å². The first-order chi connectivity index (χ1) is 7.90. The highest BCUT2D eigenvalue weighted by atomic mass is 79.9. The number of benzene rings is 1. The number of likely N-dealkylation sites (tertiary alicyclic amines) is 1. The van der Waals surface area contributed by atoms with Crippen LogP contribution in [0.5, 0.6) is 0 Å². The molecule has 1 aliphatic rings. The number of halogens is 1. The third-order valence-electron chi connectivity index (χ3n) is 3.25. The van der Waals surface area contributed by atoms with Crippen molar-refractivity contribution < 1.29 is 9.90 Å². The van der Waals surface area contributed by atoms with Gasteiger partial charge in [-0.1, -0.05) is 35.8 Å². The van der Waals surface area contributed by atoms with E-state index in [1.54, 1.807) is 17.0 Å². The quantitative estimate of drug-likeness (QED) is 0.864. The fourth-order valence-corrected chi connectivity index (χ4v) is 2.48. The van der Waals surface area contributed by atoms with Crippen molar-refractivity contribution in [3.63, 3.8) is 0 Å². The molecule has 0 bridgehead atoms. The fraction of sp³-hybridized carbons (Fsp3) is 0.462. The molecule has 2 rings (SSSR count). The van der Waals surface area contributed by atoms with E-state index in [1.807, 2.05) is 26.0 Å². The van der Waals surface area contributed by atoms with Crippen LogP contribution in [0.1, 0.15) is 24.2 Å². The Balaban J connectivity index is 2.18. The maximum Gasteiger partial charge on any atom is 0.254 e. The fourth-order valence-electron chi connectivity index (χ4n) is 2.08. The van der Waals surface area contributed by atoms with Crippen LogP contribution in [0.3, 0.4) is 0 Å². The summed E-state index contributed by atoms with van der Waals surface area (Å²) in [5, 5.41) is 9.87. The Kier molecular flexibility index (Phi) is 3.27. The van der Waals surface area contributed by atoms with E-state index in [0.29, 0.717) is 18.7 Å². The summed E-state index contributed by atoms with van der Waals surface area (Å²) in [5.41, 5.74) is 0.436. The summed E-state index contributed by atoms with van der Waals surface area (Å²) < 4.78 is 0.891. The maximum absolute atomic E-state index is 12.2. The number of hydrogen-bond donors (Lipinski definition) is 1. The van der Waals surface area contributed by atoms with E-state index in [1.165, 1.54) is 0 Å². The number of β-amino-alcohol motifs (C(OH)–C–C–N with tert-alkyl or cyclic N) is 1. The molecule has 1 aromatic rings. The van der Waals surface area contributed by atoms with Crippen molar-refractivity contribution in [1.82, 2.24) is 4.90 Å². The highest BCUT2D eigenvalue weighted by Gasteiger charge is 2.40. The second-order valence-corrected chi connectivity index (χ2v) is 6.12. The zero-order chi connectivity index (χ0) is 12.6. The largest absolute Gasteiger partial charge is 0.391 e. The van der Waals surface area contributed by atoms with Gasteiger partial charge in [0.2, 0.25) is 0 Å². The van der Waals surface area contributed by atoms with Gasteiger partial charge in [0.25, 0.3) is 5.91 Å². The predicted molar refractivity (Wildman–Crippen MR) is 69.8 cm³/mol. The Labute approximate surface area is 110 Å². The van der Waals surface area contributed by atoms with Crippen LogP contribution in [0.4, 0.5) is 0 Å². The smallest absolute Gasteiger partial charge is 0.254 e. The van der Waals surface area contributed by atoms with Gasteiger partial charge >= 0.3 is 0 Å². The van der Waals surface area contributed by atoms with E-state index in [-0.39, 0.29) is 11.3 Å². The highest BCUT2D eigenvalue weighted by Crippen LogP contribution is 2.30. The van der Waals surface area contributed by atoms with E-state index in [0.717, 1.165) is 4.47 Å². The van der Waals surface area contributed by atoms with Crippen LogP contribution in [0.25, 0.3) is 0 Å². The minimum Gasteiger partial charge on any atom is -0.391 e. The molecular formula is C13H16BrNO2. The first-order valence-corrected chi connectivity index (χ1v) is 6.42. The van der Waals surface area contributed by atoms with E-state index in [4.69, 9.17) is 0 Å². The van der Waals surface area contributed by atoms with Crippen LogP contribution in [0.15, 0.2) is 28.7 Å². The van der Waals surface area contributed by atoms with Gasteiger partial charge in [-0.3, -0.25) is 4.79 Å². The first-order valence-electron chi connectivity index (χ1n) is 5.63. The molecule has 0 unspecified atom stereocenters. The molecule has 0 aromatic heterocycles. The Hall–Kier alpha value is -0.870. The number of aliphatic hydroxyl groups is 1. The van der Waals surface area contributed by atoms with Crippen LogP contribution in [0.2, 0.25) is 0 Å². The van der Waals surface area contributed by atoms with Gasteiger partial charge < -0.3 is 10.0 Å². The molecule has 0 aliphatic carbocycles. The maximum atomic E-state index is 12.2. The van der Waals surface area contributed by atoms with Crippen molar-refractivity contribution in [3.05, 3.63) is 34.3 Å². The average molecular weight is 298 g/mol. The predicted octanol–water partition coefficient (Wildman–Crippen LogP) is 2.29. The Morgan fingerprint density at radius 3 is 2.76 bits per heavy atom. The Morgan fingerprint density at radius 2 is 2.24 bits per heavy atom. The van der Waals surface area contributed by atoms with Crippen LogP contribution < -0.4 is 0 Å². The monoisotopic (exact) mass is 297 g/mol. The van der Waals surface area contributed by atoms with Crippen LogP contribution in [-0.4, -0.2) is 35.1 Å². The highest BCUT2D eigenvalue weighted by molar-refractivity contribution is 9.10. The number of aliphatic hydroxyl groups excluding tert-OH is 1. The van der Waals surface area contributed by atoms with Crippen molar-refractivity contribution in [2.24, 2.45) is 5.41 Å². The number of carbonyl (C=O) groups excluding carboxylic acids is 1. The van der Waals surface area contributed by atoms with Gasteiger partial charge in [-0.2, -0.15) is 0 Å². The summed E-state index contributed by atoms with van der Waals surface area (Å²) in [7, 11) is 0. The molecular weight excluding hydrogens is 282 g/mol. The Morgan fingerprint density at radius 1 is 1.53 bits per heavy atom. The molecule has 0 saturated carbocycles. The van der Waals surface area contributed by atoms with E-state index < -0.39 is 6.10 Å². The van der Waals surface area contributed by atoms with E-state index in [9.17, 15) is 9.90 Å². The number of hydrogen-bond acceptors (Lipinski definition) is 2. The molecule has 17 heavy (non-hydrogen) atoms. The Bertz CT molecular complexity index is 445. The lowest BCUT2D eigenvalue weighted by molar-refractivity contribution is 0.0762. The molecule has 1 N–H and O–H groups in total. The molecule has 1 atom stereocenters. The first kappa shape index (κ1) is 12.6. The van der Waals surface area contributed by atoms with Crippen molar-refractivity contribution in [2.75, 3.05) is 13.1 Å². The SMILES string of the molecule is CC1(C)CN(C(=O)c2cccc(Br)c2)C[C@H]1O. The molecule has 1 heterocycles. The van der Waals surface area contributed by atoms with Crippen molar-refractivity contribution in [1.29, 1.82) is 0 Å². The zero-order valence-electron chi connectivity index (χ0n) is 9.98. The molecule has 0 radical (unpaired) electrons. The lowest BCUT2D eigenvalue weighted by atomic mass is 9.90. The minimum absolute atomic E-state index is 0.0177. The summed E-state index contributed by atoms with van der Waals surface area (Å²) in [6.07, 6.45) is -0.446. The second-order valence-electron chi connectivity index (χ2n) is 5.20. The third kappa shape index (κ3) is 2.53. The summed E-state index contributed by atoms with van der Waals surface area (Å²) in [4.78, 5) is 13.9. The minimum atomic E-state index is -0.446. The summed E-state index contributed by atoms with van der Waals surface area (Å²) in [5.74, 6) is -0.0177. The molecule has 0 spiro atoms. The second kappa shape index (κ2) is 4.42. The van der Waals surface area contributed by atoms with Gasteiger partial charge in [0.1, 0.15) is 0 Å². The lowest BCUT2D eigenvalue weighted by Gasteiger charge is -2.21. The molecule has 1 amide bonds. The van der Waals surface area contributed by atoms with Crippen LogP contribution >= 0.6 is 15.9 Å². The normalized spacial score (nSPS) is 22.8. The van der Waals surface area contributed by atoms with Gasteiger partial charge in [-0.25, -0.2) is 0 Å². The standard InChI is InChI=1S/C13H16BrNO2/c1-13(2)8-15(7-11(13)16)12(17)9-4-3-5-10(14)6-9/h3-6,11,16H,7-8H2,1-2H3/t11-/m1/s1. The van der Waals surface area contributed by atoms with Gasteiger partial charge in [0.05, 0.1) is 6.10 Å². The topological polar surface area (TPSA) is 40.5 Å². The van der Waals surface area contributed by atoms with Gasteiger partial charge in [-0.15, -0.1) is 0 Å². The number of rotatable bonds is 1. The zero-order valence-corrected chi connectivity index (χ0v) is 11.6. The van der Waals surface area contributed by atoms with Gasteiger partial charge in [0, 0.05) is 28.5 Å². The van der Waals surface area contributed by atoms with E-state index in [2.05, 4.69) is 15.9 Å². The average Bonchev–Trinajstić information content (AvgIpc) is 2.52. The molecule has 1 saturated heterocycles. The molecule has 1 aliphatic heterocycles. The van der Waals surface area contributed by atoms with E-state index >= 15 is 0 Å². The van der Waals surface area contributed by atoms with Crippen LogP contribution in [0, 0.1) is 5.41 Å². The summed E-state index contributed by atoms with van der Waals surface area (Å²) >= 11 is 3.35.